The normalized spacial score (nSPS) is 15.7. The number of phenolic OH excluding ortho intramolecular Hbond substituents is 1. The van der Waals surface area contributed by atoms with Gasteiger partial charge in [0.1, 0.15) is 84.3 Å². The van der Waals surface area contributed by atoms with Gasteiger partial charge in [0.25, 0.3) is 0 Å². The Morgan fingerprint density at radius 2 is 0.828 bits per heavy atom. The number of amides is 15. The number of hydrogen-bond acceptors (Lipinski definition) is 23. The number of carbonyl (C=O) groups is 19. The van der Waals surface area contributed by atoms with Crippen molar-refractivity contribution in [3.8, 4) is 5.75 Å². The monoisotopic (exact) mass is 1720 g/mol. The molecule has 0 aliphatic carbocycles. The first kappa shape index (κ1) is 104. The molecule has 0 unspecified atom stereocenters. The summed E-state index contributed by atoms with van der Waals surface area (Å²) in [7, 11) is 0. The van der Waals surface area contributed by atoms with Crippen LogP contribution in [-0.2, 0) is 104 Å². The van der Waals surface area contributed by atoms with Crippen LogP contribution >= 0.6 is 0 Å². The van der Waals surface area contributed by atoms with Gasteiger partial charge in [-0.2, -0.15) is 0 Å². The summed E-state index contributed by atoms with van der Waals surface area (Å²) in [5.41, 5.74) is 18.2. The number of carboxylic acids is 4. The fourth-order valence-electron chi connectivity index (χ4n) is 13.0. The number of carboxylic acid groups (broad SMARTS) is 4. The van der Waals surface area contributed by atoms with Crippen LogP contribution in [0.1, 0.15) is 176 Å². The SMILES string of the molecule is CC(C)C[C@H](NC(=O)[C@H](CCCCN)NC(=O)[C@@H](N)CC(C)C)C(=O)N[C@@H](CCC(=O)O)C(=O)NCC(=O)N[C@@H](CC(=O)O)C(=O)N[C@@H](CO)C(=O)N[C@@H](CCC(=O)O)C(=O)N[C@@H](Cc1ccccc1)C(=O)N[C@@H](CC(C)C)C(=O)N[C@@H](CCC(N)=O)C(=O)N1CCC[C@H]1C(=O)N[C@@H](CC(C)C)C(=O)N[C@@H](Cc1ccc(O)cc1)C(=O)N[C@@H](C)C(=O)O. The minimum Gasteiger partial charge on any atom is -0.508 e. The Balaban J connectivity index is 1.90. The predicted molar refractivity (Wildman–Crippen MR) is 436 cm³/mol. The summed E-state index contributed by atoms with van der Waals surface area (Å²) in [5.74, 6) is -22.4. The number of carbonyl (C=O) groups excluding carboxylic acids is 15. The highest BCUT2D eigenvalue weighted by atomic mass is 16.4. The Bertz CT molecular complexity index is 3930. The number of phenols is 1. The van der Waals surface area contributed by atoms with Crippen molar-refractivity contribution in [1.29, 1.82) is 0 Å². The fourth-order valence-corrected chi connectivity index (χ4v) is 13.0. The van der Waals surface area contributed by atoms with Crippen molar-refractivity contribution >= 4 is 112 Å². The molecule has 2 aromatic rings. The van der Waals surface area contributed by atoms with Crippen LogP contribution in [0, 0.1) is 23.7 Å². The number of aromatic hydroxyl groups is 1. The number of nitrogens with one attached hydrogen (secondary N) is 13. The molecule has 0 saturated carbocycles. The summed E-state index contributed by atoms with van der Waals surface area (Å²) < 4.78 is 0. The van der Waals surface area contributed by atoms with E-state index in [4.69, 9.17) is 17.2 Å². The van der Waals surface area contributed by atoms with E-state index in [-0.39, 0.29) is 88.0 Å². The van der Waals surface area contributed by atoms with E-state index >= 15 is 0 Å². The first-order valence-electron chi connectivity index (χ1n) is 40.6. The molecule has 0 bridgehead atoms. The summed E-state index contributed by atoms with van der Waals surface area (Å²) in [6, 6.07) is -8.19. The summed E-state index contributed by atoms with van der Waals surface area (Å²) >= 11 is 0. The van der Waals surface area contributed by atoms with Gasteiger partial charge in [0.2, 0.25) is 88.6 Å². The van der Waals surface area contributed by atoms with Gasteiger partial charge in [0.05, 0.1) is 25.6 Å². The second-order valence-electron chi connectivity index (χ2n) is 31.8. The molecule has 42 heteroatoms. The maximum Gasteiger partial charge on any atom is 0.325 e. The van der Waals surface area contributed by atoms with Crippen LogP contribution in [-0.4, -0.2) is 259 Å². The van der Waals surface area contributed by atoms with Gasteiger partial charge in [-0.1, -0.05) is 97.9 Å². The van der Waals surface area contributed by atoms with Gasteiger partial charge >= 0.3 is 23.9 Å². The molecule has 678 valence electrons. The van der Waals surface area contributed by atoms with Gasteiger partial charge in [0.15, 0.2) is 0 Å². The third-order valence-electron chi connectivity index (χ3n) is 19.3. The minimum atomic E-state index is -2.12. The van der Waals surface area contributed by atoms with Gasteiger partial charge in [-0.25, -0.2) is 0 Å². The lowest BCUT2D eigenvalue weighted by Gasteiger charge is -2.31. The molecule has 42 nitrogen and oxygen atoms in total. The molecule has 0 spiro atoms. The number of benzene rings is 2. The highest BCUT2D eigenvalue weighted by Gasteiger charge is 2.42. The molecule has 14 atom stereocenters. The maximum atomic E-state index is 14.8. The number of nitrogens with zero attached hydrogens (tertiary/aromatic N) is 1. The van der Waals surface area contributed by atoms with E-state index in [9.17, 15) is 122 Å². The zero-order chi connectivity index (χ0) is 91.8. The van der Waals surface area contributed by atoms with Gasteiger partial charge in [-0.3, -0.25) is 91.1 Å². The second-order valence-corrected chi connectivity index (χ2v) is 31.8. The Morgan fingerprint density at radius 1 is 0.426 bits per heavy atom. The van der Waals surface area contributed by atoms with Crippen molar-refractivity contribution in [2.75, 3.05) is 26.2 Å². The van der Waals surface area contributed by atoms with Crippen LogP contribution in [0.2, 0.25) is 0 Å². The molecule has 1 aliphatic heterocycles. The van der Waals surface area contributed by atoms with E-state index in [1.807, 2.05) is 19.2 Å². The van der Waals surface area contributed by atoms with E-state index in [0.29, 0.717) is 30.4 Å². The van der Waals surface area contributed by atoms with Crippen LogP contribution in [0.15, 0.2) is 54.6 Å². The molecule has 2 aromatic carbocycles. The first-order chi connectivity index (χ1) is 57.3. The summed E-state index contributed by atoms with van der Waals surface area (Å²) in [4.78, 5) is 258. The lowest BCUT2D eigenvalue weighted by molar-refractivity contribution is -0.143. The number of nitrogens with two attached hydrogens (primary N) is 3. The zero-order valence-electron chi connectivity index (χ0n) is 70.3. The molecule has 1 saturated heterocycles. The van der Waals surface area contributed by atoms with E-state index in [2.05, 4.69) is 63.8 Å². The fraction of sp³-hybridized carbons (Fsp3) is 0.613. The number of unbranched alkanes of at least 4 members (excludes halogenated alkanes) is 1. The molecule has 0 radical (unpaired) electrons. The maximum absolute atomic E-state index is 14.8. The lowest BCUT2D eigenvalue weighted by atomic mass is 9.99. The molecule has 1 heterocycles. The van der Waals surface area contributed by atoms with Gasteiger partial charge in [-0.05, 0) is 137 Å². The molecule has 1 aliphatic rings. The third kappa shape index (κ3) is 38.6. The molecule has 122 heavy (non-hydrogen) atoms. The Labute approximate surface area is 706 Å². The topological polar surface area (TPSA) is 683 Å². The molecular formula is C80H123N17O25. The number of aliphatic carboxylic acids is 4. The van der Waals surface area contributed by atoms with Gasteiger partial charge in [0, 0.05) is 38.6 Å². The van der Waals surface area contributed by atoms with E-state index in [1.54, 1.807) is 71.9 Å². The average Bonchev–Trinajstić information content (AvgIpc) is 1.61. The molecule has 0 aromatic heterocycles. The van der Waals surface area contributed by atoms with Crippen LogP contribution in [0.5, 0.6) is 5.75 Å². The summed E-state index contributed by atoms with van der Waals surface area (Å²) in [6.45, 7) is 13.0. The van der Waals surface area contributed by atoms with E-state index in [1.165, 1.54) is 31.2 Å². The Kier molecular flexibility index (Phi) is 45.2. The summed E-state index contributed by atoms with van der Waals surface area (Å²) in [6.07, 6.45) is -4.28. The van der Waals surface area contributed by atoms with Crippen molar-refractivity contribution in [3.63, 3.8) is 0 Å². The zero-order valence-corrected chi connectivity index (χ0v) is 70.3. The highest BCUT2D eigenvalue weighted by Crippen LogP contribution is 2.23. The highest BCUT2D eigenvalue weighted by molar-refractivity contribution is 6.01. The molecule has 15 amide bonds. The third-order valence-corrected chi connectivity index (χ3v) is 19.3. The Morgan fingerprint density at radius 3 is 1.30 bits per heavy atom. The average molecular weight is 1720 g/mol. The molecule has 25 N–H and O–H groups in total. The number of hydrogen-bond donors (Lipinski definition) is 22. The lowest BCUT2D eigenvalue weighted by Crippen LogP contribution is -2.61. The minimum absolute atomic E-state index is 0.00621. The van der Waals surface area contributed by atoms with E-state index in [0.717, 1.165) is 4.90 Å². The Hall–Kier alpha value is -12.0. The summed E-state index contributed by atoms with van der Waals surface area (Å²) in [5, 5.41) is 90.5. The number of aliphatic hydroxyl groups excluding tert-OH is 1. The number of likely N-dealkylation sites (tertiary alicyclic amines) is 1. The van der Waals surface area contributed by atoms with Crippen LogP contribution < -0.4 is 86.3 Å². The number of aliphatic hydroxyl groups is 1. The van der Waals surface area contributed by atoms with Crippen molar-refractivity contribution in [2.45, 2.75) is 262 Å². The first-order valence-corrected chi connectivity index (χ1v) is 40.6. The molecule has 1 fully saturated rings. The smallest absolute Gasteiger partial charge is 0.325 e. The van der Waals surface area contributed by atoms with Crippen LogP contribution in [0.25, 0.3) is 0 Å². The predicted octanol–water partition coefficient (Wildman–Crippen LogP) is -3.69. The van der Waals surface area contributed by atoms with Crippen molar-refractivity contribution in [1.82, 2.24) is 74.0 Å². The quantitative estimate of drug-likeness (QED) is 0.0284. The second kappa shape index (κ2) is 53.0. The van der Waals surface area contributed by atoms with Crippen LogP contribution in [0.4, 0.5) is 0 Å². The number of rotatable bonds is 56. The largest absolute Gasteiger partial charge is 0.508 e. The van der Waals surface area contributed by atoms with Crippen molar-refractivity contribution in [3.05, 3.63) is 65.7 Å². The number of primary amides is 1. The van der Waals surface area contributed by atoms with Gasteiger partial charge in [-0.15, -0.1) is 0 Å². The van der Waals surface area contributed by atoms with Gasteiger partial charge < -0.3 is 122 Å². The van der Waals surface area contributed by atoms with Crippen molar-refractivity contribution in [2.24, 2.45) is 40.9 Å². The van der Waals surface area contributed by atoms with E-state index < -0.39 is 261 Å². The standard InChI is InChI=1S/C80H123N17O25/c1-41(2)32-49(82)67(108)87-50(18-13-14-30-81)69(110)91-54(33-42(3)4)72(113)88-51(25-28-64(102)103)68(109)84-39-63(101)86-59(38-66(106)107)76(117)96-60(40-98)77(118)89-52(26-29-65(104)105)70(111)93-58(36-46-16-11-10-12-17-46)75(116)92-55(34-43(5)6)73(114)90-53(24-27-62(83)100)79(120)97-31-15-19-61(97)78(119)95-56(35-44(7)8)74(115)94-57(71(112)85-45(9)80(121)122)37-47-20-22-48(99)23-21-47/h10-12,16-17,20-23,41-45,49-61,98-99H,13-15,18-19,24-40,81-82H2,1-9H3,(H2,83,100)(H,84,109)(H,85,112)(H,86,101)(H,87,108)(H,88,113)(H,89,118)(H,90,114)(H,91,110)(H,92,116)(H,93,111)(H,94,115)(H,95,119)(H,96,117)(H,102,103)(H,104,105)(H,106,107)(H,121,122)/t45-,49-,50-,51-,52-,53-,54-,55-,56-,57-,58-,59-,60-,61-/m0/s1. The molecule has 3 rings (SSSR count). The van der Waals surface area contributed by atoms with Crippen molar-refractivity contribution < 1.29 is 122 Å². The van der Waals surface area contributed by atoms with Crippen LogP contribution in [0.3, 0.4) is 0 Å². The molecular weight excluding hydrogens is 1600 g/mol.